The molecule has 0 N–H and O–H groups in total. The van der Waals surface area contributed by atoms with Crippen molar-refractivity contribution in [3.8, 4) is 61.8 Å². The molecule has 0 saturated carbocycles. The van der Waals surface area contributed by atoms with Crippen LogP contribution in [0.5, 0.6) is 0 Å². The molecule has 1 aliphatic carbocycles. The van der Waals surface area contributed by atoms with E-state index in [1.807, 2.05) is 0 Å². The normalized spacial score (nSPS) is 13.0. The molecule has 300 valence electrons. The average Bonchev–Trinajstić information content (AvgIpc) is 3.82. The maximum Gasteiger partial charge on any atom is 0.160 e. The third kappa shape index (κ3) is 5.47. The van der Waals surface area contributed by atoms with E-state index in [4.69, 9.17) is 9.97 Å². The summed E-state index contributed by atoms with van der Waals surface area (Å²) in [6.45, 7) is 4.67. The summed E-state index contributed by atoms with van der Waals surface area (Å²) in [4.78, 5) is 10.9. The molecule has 3 heteroatoms. The molecule has 0 bridgehead atoms. The lowest BCUT2D eigenvalue weighted by atomic mass is 9.82. The average molecular weight is 816 g/mol. The largest absolute Gasteiger partial charge is 0.309 e. The molecule has 1 aliphatic rings. The molecule has 2 heterocycles. The Morgan fingerprint density at radius 2 is 0.875 bits per heavy atom. The minimum absolute atomic E-state index is 0.136. The monoisotopic (exact) mass is 815 g/mol. The third-order valence-corrected chi connectivity index (χ3v) is 13.8. The van der Waals surface area contributed by atoms with Gasteiger partial charge in [-0.25, -0.2) is 9.97 Å². The third-order valence-electron chi connectivity index (χ3n) is 13.8. The number of para-hydroxylation sites is 2. The van der Waals surface area contributed by atoms with Crippen molar-refractivity contribution in [2.24, 2.45) is 0 Å². The second-order valence-electron chi connectivity index (χ2n) is 17.7. The molecular weight excluding hydrogens is 775 g/mol. The second-order valence-corrected chi connectivity index (χ2v) is 17.7. The Labute approximate surface area is 371 Å². The number of fused-ring (bicyclic) bond motifs is 12. The predicted octanol–water partition coefficient (Wildman–Crippen LogP) is 16.0. The number of aromatic nitrogens is 3. The van der Waals surface area contributed by atoms with Crippen LogP contribution in [0.15, 0.2) is 212 Å². The first-order valence-electron chi connectivity index (χ1n) is 22.2. The standard InChI is InChI=1S/C61H41N3/c1-61(2)53-27-13-10-25-50(53)59-51(26-16-28-54(59)61)56-37-55(62-60(63-56)38-17-4-3-5-18-38)41-33-40(34-42(35-41)64-57-29-14-11-23-48(57)49-24-12-15-30-58(49)64)39-31-32-47-45-21-7-6-19-43(45)44-20-8-9-22-46(44)52(47)36-39/h3-37H,1-2H3. The highest BCUT2D eigenvalue weighted by atomic mass is 15.0. The first-order valence-corrected chi connectivity index (χ1v) is 22.2. The van der Waals surface area contributed by atoms with Gasteiger partial charge in [0, 0.05) is 38.6 Å². The first-order chi connectivity index (χ1) is 31.5. The molecule has 0 amide bonds. The number of hydrogen-bond donors (Lipinski definition) is 0. The Hall–Kier alpha value is -8.14. The summed E-state index contributed by atoms with van der Waals surface area (Å²) in [6.07, 6.45) is 0. The van der Waals surface area contributed by atoms with Gasteiger partial charge in [-0.05, 0) is 108 Å². The van der Waals surface area contributed by atoms with Gasteiger partial charge in [-0.15, -0.1) is 0 Å². The van der Waals surface area contributed by atoms with Crippen molar-refractivity contribution in [2.45, 2.75) is 19.3 Å². The molecule has 0 saturated heterocycles. The molecule has 0 aliphatic heterocycles. The lowest BCUT2D eigenvalue weighted by Gasteiger charge is -2.21. The number of nitrogens with zero attached hydrogens (tertiary/aromatic N) is 3. The van der Waals surface area contributed by atoms with E-state index in [1.54, 1.807) is 0 Å². The second kappa shape index (κ2) is 13.9. The summed E-state index contributed by atoms with van der Waals surface area (Å²) >= 11 is 0. The summed E-state index contributed by atoms with van der Waals surface area (Å²) in [5.74, 6) is 0.698. The molecule has 10 aromatic carbocycles. The van der Waals surface area contributed by atoms with Crippen molar-refractivity contribution >= 4 is 54.1 Å². The lowest BCUT2D eigenvalue weighted by molar-refractivity contribution is 0.660. The highest BCUT2D eigenvalue weighted by molar-refractivity contribution is 6.25. The molecule has 0 atom stereocenters. The quantitative estimate of drug-likeness (QED) is 0.162. The van der Waals surface area contributed by atoms with Crippen LogP contribution in [-0.4, -0.2) is 14.5 Å². The van der Waals surface area contributed by atoms with E-state index >= 15 is 0 Å². The van der Waals surface area contributed by atoms with Gasteiger partial charge in [0.25, 0.3) is 0 Å². The van der Waals surface area contributed by atoms with Crippen molar-refractivity contribution in [2.75, 3.05) is 0 Å². The van der Waals surface area contributed by atoms with Gasteiger partial charge in [-0.2, -0.15) is 0 Å². The summed E-state index contributed by atoms with van der Waals surface area (Å²) < 4.78 is 2.42. The minimum atomic E-state index is -0.136. The van der Waals surface area contributed by atoms with Crippen LogP contribution in [0, 0.1) is 0 Å². The van der Waals surface area contributed by atoms with Gasteiger partial charge in [0.15, 0.2) is 5.82 Å². The maximum absolute atomic E-state index is 5.45. The van der Waals surface area contributed by atoms with E-state index in [9.17, 15) is 0 Å². The van der Waals surface area contributed by atoms with E-state index in [1.165, 1.54) is 65.3 Å². The van der Waals surface area contributed by atoms with Crippen molar-refractivity contribution in [3.63, 3.8) is 0 Å². The van der Waals surface area contributed by atoms with Gasteiger partial charge in [0.1, 0.15) is 0 Å². The zero-order valence-electron chi connectivity index (χ0n) is 35.5. The lowest BCUT2D eigenvalue weighted by Crippen LogP contribution is -2.14. The Morgan fingerprint density at radius 3 is 1.58 bits per heavy atom. The van der Waals surface area contributed by atoms with Crippen LogP contribution < -0.4 is 0 Å². The Morgan fingerprint density at radius 1 is 0.344 bits per heavy atom. The van der Waals surface area contributed by atoms with Gasteiger partial charge in [-0.3, -0.25) is 0 Å². The van der Waals surface area contributed by atoms with Crippen molar-refractivity contribution in [1.82, 2.24) is 14.5 Å². The Bertz CT molecular complexity index is 3790. The van der Waals surface area contributed by atoms with E-state index in [0.29, 0.717) is 5.82 Å². The summed E-state index contributed by atoms with van der Waals surface area (Å²) in [5.41, 5.74) is 15.6. The fourth-order valence-corrected chi connectivity index (χ4v) is 10.8. The number of hydrogen-bond acceptors (Lipinski definition) is 2. The van der Waals surface area contributed by atoms with Crippen molar-refractivity contribution < 1.29 is 0 Å². The molecule has 0 spiro atoms. The van der Waals surface area contributed by atoms with Crippen LogP contribution >= 0.6 is 0 Å². The van der Waals surface area contributed by atoms with E-state index in [-0.39, 0.29) is 5.41 Å². The molecule has 0 fully saturated rings. The van der Waals surface area contributed by atoms with Gasteiger partial charge >= 0.3 is 0 Å². The molecule has 3 nitrogen and oxygen atoms in total. The first kappa shape index (κ1) is 36.5. The zero-order valence-corrected chi connectivity index (χ0v) is 35.5. The van der Waals surface area contributed by atoms with Crippen LogP contribution in [0.4, 0.5) is 0 Å². The van der Waals surface area contributed by atoms with Gasteiger partial charge in [-0.1, -0.05) is 184 Å². The molecule has 0 radical (unpaired) electrons. The van der Waals surface area contributed by atoms with Crippen LogP contribution in [-0.2, 0) is 5.41 Å². The molecule has 13 rings (SSSR count). The number of benzene rings is 10. The highest BCUT2D eigenvalue weighted by Crippen LogP contribution is 2.52. The highest BCUT2D eigenvalue weighted by Gasteiger charge is 2.37. The van der Waals surface area contributed by atoms with E-state index in [2.05, 4.69) is 231 Å². The fraction of sp³-hybridized carbons (Fsp3) is 0.0492. The zero-order chi connectivity index (χ0) is 42.5. The van der Waals surface area contributed by atoms with Crippen LogP contribution in [0.2, 0.25) is 0 Å². The topological polar surface area (TPSA) is 30.7 Å². The van der Waals surface area contributed by atoms with Crippen LogP contribution in [0.25, 0.3) is 116 Å². The molecule has 64 heavy (non-hydrogen) atoms. The molecular formula is C61H41N3. The summed E-state index contributed by atoms with van der Waals surface area (Å²) in [5, 5.41) is 10.0. The summed E-state index contributed by atoms with van der Waals surface area (Å²) in [7, 11) is 0. The number of rotatable bonds is 5. The smallest absolute Gasteiger partial charge is 0.160 e. The fourth-order valence-electron chi connectivity index (χ4n) is 10.8. The van der Waals surface area contributed by atoms with Crippen molar-refractivity contribution in [1.29, 1.82) is 0 Å². The van der Waals surface area contributed by atoms with E-state index in [0.717, 1.165) is 55.9 Å². The molecule has 12 aromatic rings. The van der Waals surface area contributed by atoms with Crippen molar-refractivity contribution in [3.05, 3.63) is 223 Å². The molecule has 2 aromatic heterocycles. The maximum atomic E-state index is 5.45. The predicted molar refractivity (Wildman–Crippen MR) is 268 cm³/mol. The van der Waals surface area contributed by atoms with Gasteiger partial charge in [0.05, 0.1) is 22.4 Å². The minimum Gasteiger partial charge on any atom is -0.309 e. The summed E-state index contributed by atoms with van der Waals surface area (Å²) in [6, 6.07) is 77.3. The van der Waals surface area contributed by atoms with E-state index < -0.39 is 0 Å². The van der Waals surface area contributed by atoms with Gasteiger partial charge < -0.3 is 4.57 Å². The van der Waals surface area contributed by atoms with Gasteiger partial charge in [0.2, 0.25) is 0 Å². The van der Waals surface area contributed by atoms with Crippen LogP contribution in [0.3, 0.4) is 0 Å². The van der Waals surface area contributed by atoms with Crippen LogP contribution in [0.1, 0.15) is 25.0 Å². The SMILES string of the molecule is CC1(C)c2ccccc2-c2c(-c3cc(-c4cc(-c5ccc6c7ccccc7c7ccccc7c6c5)cc(-n5c6ccccc6c6ccccc65)c4)nc(-c4ccccc4)n3)cccc21. The Kier molecular flexibility index (Phi) is 7.95. The molecule has 0 unspecified atom stereocenters. The Balaban J connectivity index is 1.10.